The third kappa shape index (κ3) is 2.83. The molecule has 0 aliphatic heterocycles. The van der Waals surface area contributed by atoms with Crippen LogP contribution in [0, 0.1) is 0 Å². The number of hydrogen-bond acceptors (Lipinski definition) is 3. The van der Waals surface area contributed by atoms with Gasteiger partial charge in [-0.15, -0.1) is 10.2 Å². The number of benzene rings is 1. The molecule has 2 heterocycles. The van der Waals surface area contributed by atoms with Crippen LogP contribution in [-0.4, -0.2) is 44.3 Å². The van der Waals surface area contributed by atoms with E-state index >= 15 is 0 Å². The summed E-state index contributed by atoms with van der Waals surface area (Å²) < 4.78 is 1.93. The van der Waals surface area contributed by atoms with Crippen LogP contribution in [0.5, 0.6) is 0 Å². The molecule has 1 N–H and O–H groups in total. The molecule has 0 aliphatic carbocycles. The minimum Gasteiger partial charge on any atom is -0.361 e. The molecule has 0 fully saturated rings. The zero-order chi connectivity index (χ0) is 14.7. The van der Waals surface area contributed by atoms with Crippen molar-refractivity contribution in [3.05, 3.63) is 42.6 Å². The highest BCUT2D eigenvalue weighted by Crippen LogP contribution is 2.22. The van der Waals surface area contributed by atoms with E-state index in [1.165, 1.54) is 16.5 Å². The molecule has 2 aromatic heterocycles. The predicted octanol–water partition coefficient (Wildman–Crippen LogP) is 2.63. The first kappa shape index (κ1) is 13.8. The van der Waals surface area contributed by atoms with E-state index in [2.05, 4.69) is 58.3 Å². The number of likely N-dealkylation sites (N-methyl/N-ethyl adjacent to an activating group) is 1. The molecule has 0 bridgehead atoms. The minimum atomic E-state index is 1.06. The van der Waals surface area contributed by atoms with E-state index in [1.807, 2.05) is 4.57 Å². The fraction of sp³-hybridized carbons (Fsp3) is 0.375. The number of H-pyrrole nitrogens is 1. The van der Waals surface area contributed by atoms with E-state index < -0.39 is 0 Å². The van der Waals surface area contributed by atoms with Gasteiger partial charge in [0.15, 0.2) is 0 Å². The molecule has 0 radical (unpaired) electrons. The molecule has 0 saturated carbocycles. The first-order valence-electron chi connectivity index (χ1n) is 7.49. The number of rotatable bonds is 6. The average Bonchev–Trinajstić information content (AvgIpc) is 3.17. The van der Waals surface area contributed by atoms with Crippen molar-refractivity contribution in [2.45, 2.75) is 20.3 Å². The van der Waals surface area contributed by atoms with Gasteiger partial charge in [0.25, 0.3) is 0 Å². The Morgan fingerprint density at radius 3 is 2.62 bits per heavy atom. The molecular formula is C16H21N5. The van der Waals surface area contributed by atoms with E-state index in [-0.39, 0.29) is 0 Å². The summed E-state index contributed by atoms with van der Waals surface area (Å²) in [5.41, 5.74) is 3.64. The summed E-state index contributed by atoms with van der Waals surface area (Å²) in [6.45, 7) is 7.72. The number of aromatic nitrogens is 4. The van der Waals surface area contributed by atoms with Crippen molar-refractivity contribution >= 4 is 10.9 Å². The summed E-state index contributed by atoms with van der Waals surface area (Å²) in [7, 11) is 0. The fourth-order valence-electron chi connectivity index (χ4n) is 2.69. The zero-order valence-corrected chi connectivity index (χ0v) is 12.6. The third-order valence-electron chi connectivity index (χ3n) is 4.06. The third-order valence-corrected chi connectivity index (χ3v) is 4.06. The van der Waals surface area contributed by atoms with Gasteiger partial charge in [-0.3, -0.25) is 4.57 Å². The van der Waals surface area contributed by atoms with Crippen LogP contribution in [0.4, 0.5) is 0 Å². The van der Waals surface area contributed by atoms with Gasteiger partial charge < -0.3 is 9.88 Å². The quantitative estimate of drug-likeness (QED) is 0.756. The van der Waals surface area contributed by atoms with Crippen molar-refractivity contribution in [1.29, 1.82) is 0 Å². The van der Waals surface area contributed by atoms with E-state index in [1.54, 1.807) is 12.7 Å². The molecule has 0 atom stereocenters. The van der Waals surface area contributed by atoms with Crippen molar-refractivity contribution in [2.75, 3.05) is 19.6 Å². The zero-order valence-electron chi connectivity index (χ0n) is 12.6. The number of aromatic amines is 1. The summed E-state index contributed by atoms with van der Waals surface area (Å²) in [5, 5.41) is 9.02. The normalized spacial score (nSPS) is 11.6. The van der Waals surface area contributed by atoms with Crippen LogP contribution in [0.2, 0.25) is 0 Å². The second kappa shape index (κ2) is 6.10. The average molecular weight is 283 g/mol. The topological polar surface area (TPSA) is 49.7 Å². The molecule has 110 valence electrons. The largest absolute Gasteiger partial charge is 0.361 e. The molecular weight excluding hydrogens is 262 g/mol. The number of nitrogens with one attached hydrogen (secondary N) is 1. The number of hydrogen-bond donors (Lipinski definition) is 1. The van der Waals surface area contributed by atoms with Gasteiger partial charge >= 0.3 is 0 Å². The van der Waals surface area contributed by atoms with Crippen LogP contribution >= 0.6 is 0 Å². The highest BCUT2D eigenvalue weighted by molar-refractivity contribution is 5.85. The molecule has 0 saturated heterocycles. The van der Waals surface area contributed by atoms with E-state index in [0.717, 1.165) is 31.7 Å². The first-order chi connectivity index (χ1) is 10.3. The summed E-state index contributed by atoms with van der Waals surface area (Å²) in [6, 6.07) is 6.40. The van der Waals surface area contributed by atoms with Crippen LogP contribution < -0.4 is 0 Å². The lowest BCUT2D eigenvalue weighted by atomic mass is 10.1. The lowest BCUT2D eigenvalue weighted by Gasteiger charge is -2.17. The summed E-state index contributed by atoms with van der Waals surface area (Å²) in [4.78, 5) is 5.81. The molecule has 21 heavy (non-hydrogen) atoms. The maximum Gasteiger partial charge on any atom is 0.123 e. The molecule has 5 heteroatoms. The van der Waals surface area contributed by atoms with Crippen LogP contribution in [0.1, 0.15) is 19.4 Å². The summed E-state index contributed by atoms with van der Waals surface area (Å²) in [6.07, 6.45) is 6.64. The second-order valence-corrected chi connectivity index (χ2v) is 5.19. The van der Waals surface area contributed by atoms with Crippen LogP contribution in [0.15, 0.2) is 37.1 Å². The van der Waals surface area contributed by atoms with Crippen molar-refractivity contribution in [2.24, 2.45) is 0 Å². The second-order valence-electron chi connectivity index (χ2n) is 5.19. The smallest absolute Gasteiger partial charge is 0.123 e. The Bertz CT molecular complexity index is 695. The van der Waals surface area contributed by atoms with Crippen LogP contribution in [-0.2, 0) is 6.42 Å². The molecule has 3 aromatic rings. The minimum absolute atomic E-state index is 1.06. The van der Waals surface area contributed by atoms with Crippen LogP contribution in [0.3, 0.4) is 0 Å². The lowest BCUT2D eigenvalue weighted by Crippen LogP contribution is -2.25. The Kier molecular flexibility index (Phi) is 4.01. The Morgan fingerprint density at radius 1 is 1.14 bits per heavy atom. The van der Waals surface area contributed by atoms with Gasteiger partial charge in [0.05, 0.1) is 0 Å². The standard InChI is InChI=1S/C16H21N5/c1-3-20(4-2)8-7-13-10-17-16-6-5-14(9-15(13)16)21-11-18-19-12-21/h5-6,9-12,17H,3-4,7-8H2,1-2H3. The molecule has 0 unspecified atom stereocenters. The van der Waals surface area contributed by atoms with Crippen molar-refractivity contribution in [1.82, 2.24) is 24.6 Å². The van der Waals surface area contributed by atoms with Gasteiger partial charge in [0.2, 0.25) is 0 Å². The monoisotopic (exact) mass is 283 g/mol. The molecule has 0 amide bonds. The van der Waals surface area contributed by atoms with E-state index in [4.69, 9.17) is 0 Å². The maximum atomic E-state index is 3.87. The van der Waals surface area contributed by atoms with Gasteiger partial charge in [0, 0.05) is 29.3 Å². The fourth-order valence-corrected chi connectivity index (χ4v) is 2.69. The molecule has 3 rings (SSSR count). The highest BCUT2D eigenvalue weighted by Gasteiger charge is 2.07. The van der Waals surface area contributed by atoms with Gasteiger partial charge in [-0.1, -0.05) is 13.8 Å². The van der Waals surface area contributed by atoms with Crippen molar-refractivity contribution < 1.29 is 0 Å². The highest BCUT2D eigenvalue weighted by atomic mass is 15.2. The molecule has 1 aromatic carbocycles. The van der Waals surface area contributed by atoms with Crippen molar-refractivity contribution in [3.63, 3.8) is 0 Å². The van der Waals surface area contributed by atoms with E-state index in [0.29, 0.717) is 0 Å². The Balaban J connectivity index is 1.87. The van der Waals surface area contributed by atoms with Gasteiger partial charge in [0.1, 0.15) is 12.7 Å². The number of nitrogens with zero attached hydrogens (tertiary/aromatic N) is 4. The summed E-state index contributed by atoms with van der Waals surface area (Å²) >= 11 is 0. The Labute approximate surface area is 124 Å². The van der Waals surface area contributed by atoms with Gasteiger partial charge in [-0.05, 0) is 43.3 Å². The number of fused-ring (bicyclic) bond motifs is 1. The SMILES string of the molecule is CCN(CC)CCc1c[nH]c2ccc(-n3cnnc3)cc12. The van der Waals surface area contributed by atoms with Crippen LogP contribution in [0.25, 0.3) is 16.6 Å². The van der Waals surface area contributed by atoms with Gasteiger partial charge in [-0.2, -0.15) is 0 Å². The molecule has 0 aliphatic rings. The Hall–Kier alpha value is -2.14. The first-order valence-corrected chi connectivity index (χ1v) is 7.49. The Morgan fingerprint density at radius 2 is 1.90 bits per heavy atom. The molecule has 0 spiro atoms. The predicted molar refractivity (Wildman–Crippen MR) is 84.7 cm³/mol. The van der Waals surface area contributed by atoms with E-state index in [9.17, 15) is 0 Å². The molecule has 5 nitrogen and oxygen atoms in total. The summed E-state index contributed by atoms with van der Waals surface area (Å²) in [5.74, 6) is 0. The lowest BCUT2D eigenvalue weighted by molar-refractivity contribution is 0.308. The van der Waals surface area contributed by atoms with Crippen molar-refractivity contribution in [3.8, 4) is 5.69 Å². The maximum absolute atomic E-state index is 3.87. The van der Waals surface area contributed by atoms with Gasteiger partial charge in [-0.25, -0.2) is 0 Å².